The fraction of sp³-hybridized carbons (Fsp3) is 0.143. The molecule has 0 aliphatic heterocycles. The third-order valence-corrected chi connectivity index (χ3v) is 5.93. The van der Waals surface area contributed by atoms with E-state index < -0.39 is 22.0 Å². The lowest BCUT2D eigenvalue weighted by molar-refractivity contribution is -0.122. The first kappa shape index (κ1) is 21.0. The summed E-state index contributed by atoms with van der Waals surface area (Å²) >= 11 is 5.84. The first-order valence-corrected chi connectivity index (χ1v) is 10.8. The van der Waals surface area contributed by atoms with Crippen LogP contribution in [0.4, 0.5) is 0 Å². The van der Waals surface area contributed by atoms with Gasteiger partial charge in [-0.3, -0.25) is 9.78 Å². The fourth-order valence-corrected chi connectivity index (χ4v) is 4.03. The van der Waals surface area contributed by atoms with Crippen LogP contribution in [0.5, 0.6) is 0 Å². The van der Waals surface area contributed by atoms with Gasteiger partial charge in [0.2, 0.25) is 15.9 Å². The van der Waals surface area contributed by atoms with Crippen LogP contribution in [0.3, 0.4) is 0 Å². The summed E-state index contributed by atoms with van der Waals surface area (Å²) in [5.41, 5.74) is 1.52. The van der Waals surface area contributed by atoms with Crippen molar-refractivity contribution in [2.24, 2.45) is 0 Å². The molecule has 1 atom stereocenters. The molecule has 2 N–H and O–H groups in total. The van der Waals surface area contributed by atoms with Crippen LogP contribution in [0.1, 0.15) is 11.3 Å². The number of carbonyl (C=O) groups excluding carboxylic acids is 1. The molecule has 8 heteroatoms. The van der Waals surface area contributed by atoms with Gasteiger partial charge >= 0.3 is 0 Å². The van der Waals surface area contributed by atoms with Crippen molar-refractivity contribution in [3.63, 3.8) is 0 Å². The predicted molar refractivity (Wildman–Crippen MR) is 112 cm³/mol. The van der Waals surface area contributed by atoms with Crippen LogP contribution < -0.4 is 10.0 Å². The second kappa shape index (κ2) is 9.65. The van der Waals surface area contributed by atoms with Gasteiger partial charge < -0.3 is 5.32 Å². The van der Waals surface area contributed by atoms with Crippen molar-refractivity contribution < 1.29 is 13.2 Å². The average molecular weight is 430 g/mol. The van der Waals surface area contributed by atoms with Gasteiger partial charge in [-0.25, -0.2) is 8.42 Å². The molecule has 0 saturated heterocycles. The van der Waals surface area contributed by atoms with E-state index in [-0.39, 0.29) is 17.9 Å². The average Bonchev–Trinajstić information content (AvgIpc) is 2.73. The van der Waals surface area contributed by atoms with Crippen LogP contribution in [-0.2, 0) is 27.8 Å². The van der Waals surface area contributed by atoms with Crippen LogP contribution in [0.25, 0.3) is 0 Å². The van der Waals surface area contributed by atoms with Crippen LogP contribution in [0.15, 0.2) is 83.9 Å². The molecule has 0 aliphatic rings. The molecular weight excluding hydrogens is 410 g/mol. The Morgan fingerprint density at radius 1 is 0.966 bits per heavy atom. The number of pyridine rings is 1. The van der Waals surface area contributed by atoms with Crippen LogP contribution in [0, 0.1) is 0 Å². The van der Waals surface area contributed by atoms with Gasteiger partial charge in [-0.05, 0) is 48.4 Å². The van der Waals surface area contributed by atoms with Gasteiger partial charge in [-0.2, -0.15) is 4.72 Å². The lowest BCUT2D eigenvalue weighted by Crippen LogP contribution is -2.47. The van der Waals surface area contributed by atoms with E-state index in [0.717, 1.165) is 5.56 Å². The summed E-state index contributed by atoms with van der Waals surface area (Å²) in [5, 5.41) is 3.18. The maximum atomic E-state index is 12.8. The summed E-state index contributed by atoms with van der Waals surface area (Å²) in [5.74, 6) is -0.433. The summed E-state index contributed by atoms with van der Waals surface area (Å²) in [6.07, 6.45) is 1.84. The minimum absolute atomic E-state index is 0.0393. The van der Waals surface area contributed by atoms with Crippen molar-refractivity contribution in [2.75, 3.05) is 0 Å². The first-order valence-electron chi connectivity index (χ1n) is 8.93. The second-order valence-corrected chi connectivity index (χ2v) is 8.51. The van der Waals surface area contributed by atoms with E-state index >= 15 is 0 Å². The summed E-state index contributed by atoms with van der Waals surface area (Å²) < 4.78 is 28.1. The summed E-state index contributed by atoms with van der Waals surface area (Å²) in [4.78, 5) is 17.0. The van der Waals surface area contributed by atoms with Crippen LogP contribution in [0.2, 0.25) is 5.02 Å². The predicted octanol–water partition coefficient (Wildman–Crippen LogP) is 2.94. The number of rotatable bonds is 8. The van der Waals surface area contributed by atoms with Gasteiger partial charge in [0.15, 0.2) is 0 Å². The number of aromatic nitrogens is 1. The molecule has 1 aromatic heterocycles. The maximum absolute atomic E-state index is 12.8. The molecule has 29 heavy (non-hydrogen) atoms. The van der Waals surface area contributed by atoms with Gasteiger partial charge in [0.1, 0.15) is 6.04 Å². The maximum Gasteiger partial charge on any atom is 0.241 e. The fourth-order valence-electron chi connectivity index (χ4n) is 2.71. The molecule has 0 bridgehead atoms. The minimum Gasteiger partial charge on any atom is -0.349 e. The van der Waals surface area contributed by atoms with Gasteiger partial charge in [0, 0.05) is 11.2 Å². The van der Waals surface area contributed by atoms with Crippen molar-refractivity contribution in [1.29, 1.82) is 0 Å². The van der Waals surface area contributed by atoms with E-state index in [9.17, 15) is 13.2 Å². The standard InChI is InChI=1S/C21H20ClN3O3S/c22-17-9-11-19(12-10-17)29(27,28)25-20(14-16-6-2-1-3-7-16)21(26)24-15-18-8-4-5-13-23-18/h1-13,20,25H,14-15H2,(H,24,26)/t20-/m0/s1. The van der Waals surface area contributed by atoms with Crippen molar-refractivity contribution in [2.45, 2.75) is 23.9 Å². The molecule has 6 nitrogen and oxygen atoms in total. The topological polar surface area (TPSA) is 88.2 Å². The smallest absolute Gasteiger partial charge is 0.241 e. The SMILES string of the molecule is O=C(NCc1ccccn1)[C@H](Cc1ccccc1)NS(=O)(=O)c1ccc(Cl)cc1. The molecule has 0 aliphatic carbocycles. The normalized spacial score (nSPS) is 12.3. The van der Waals surface area contributed by atoms with E-state index in [0.29, 0.717) is 10.7 Å². The number of benzene rings is 2. The third kappa shape index (κ3) is 6.12. The lowest BCUT2D eigenvalue weighted by Gasteiger charge is -2.19. The number of sulfonamides is 1. The Labute approximate surface area is 175 Å². The van der Waals surface area contributed by atoms with Crippen molar-refractivity contribution >= 4 is 27.5 Å². The molecule has 0 unspecified atom stereocenters. The molecule has 2 aromatic carbocycles. The Morgan fingerprint density at radius 3 is 2.31 bits per heavy atom. The monoisotopic (exact) mass is 429 g/mol. The number of hydrogen-bond acceptors (Lipinski definition) is 4. The Balaban J connectivity index is 1.78. The van der Waals surface area contributed by atoms with Crippen molar-refractivity contribution in [3.05, 3.63) is 95.3 Å². The second-order valence-electron chi connectivity index (χ2n) is 6.36. The van der Waals surface area contributed by atoms with E-state index in [4.69, 9.17) is 11.6 Å². The van der Waals surface area contributed by atoms with Gasteiger partial charge in [0.05, 0.1) is 17.1 Å². The summed E-state index contributed by atoms with van der Waals surface area (Å²) in [7, 11) is -3.91. The largest absolute Gasteiger partial charge is 0.349 e. The Hall–Kier alpha value is -2.74. The number of amides is 1. The zero-order valence-corrected chi connectivity index (χ0v) is 17.0. The highest BCUT2D eigenvalue weighted by Crippen LogP contribution is 2.15. The summed E-state index contributed by atoms with van der Waals surface area (Å²) in [6.45, 7) is 0.202. The van der Waals surface area contributed by atoms with Crippen molar-refractivity contribution in [1.82, 2.24) is 15.0 Å². The lowest BCUT2D eigenvalue weighted by atomic mass is 10.1. The molecule has 3 aromatic rings. The van der Waals surface area contributed by atoms with E-state index in [2.05, 4.69) is 15.0 Å². The highest BCUT2D eigenvalue weighted by Gasteiger charge is 2.26. The molecular formula is C21H20ClN3O3S. The zero-order chi connectivity index (χ0) is 20.7. The molecule has 150 valence electrons. The number of nitrogens with zero attached hydrogens (tertiary/aromatic N) is 1. The van der Waals surface area contributed by atoms with Crippen LogP contribution in [-0.4, -0.2) is 25.4 Å². The molecule has 0 saturated carbocycles. The van der Waals surface area contributed by atoms with E-state index in [1.807, 2.05) is 36.4 Å². The highest BCUT2D eigenvalue weighted by molar-refractivity contribution is 7.89. The number of carbonyl (C=O) groups is 1. The minimum atomic E-state index is -3.91. The Morgan fingerprint density at radius 2 is 1.66 bits per heavy atom. The molecule has 3 rings (SSSR count). The molecule has 1 heterocycles. The van der Waals surface area contributed by atoms with Crippen LogP contribution >= 0.6 is 11.6 Å². The third-order valence-electron chi connectivity index (χ3n) is 4.19. The molecule has 0 radical (unpaired) electrons. The van der Waals surface area contributed by atoms with E-state index in [1.54, 1.807) is 18.3 Å². The van der Waals surface area contributed by atoms with E-state index in [1.165, 1.54) is 24.3 Å². The Kier molecular flexibility index (Phi) is 6.98. The summed E-state index contributed by atoms with van der Waals surface area (Å²) in [6, 6.07) is 19.4. The van der Waals surface area contributed by atoms with Crippen molar-refractivity contribution in [3.8, 4) is 0 Å². The first-order chi connectivity index (χ1) is 13.9. The quantitative estimate of drug-likeness (QED) is 0.576. The molecule has 1 amide bonds. The van der Waals surface area contributed by atoms with Gasteiger partial charge in [-0.1, -0.05) is 48.0 Å². The number of halogens is 1. The number of nitrogens with one attached hydrogen (secondary N) is 2. The zero-order valence-electron chi connectivity index (χ0n) is 15.5. The van der Waals surface area contributed by atoms with Gasteiger partial charge in [0.25, 0.3) is 0 Å². The number of hydrogen-bond donors (Lipinski definition) is 2. The van der Waals surface area contributed by atoms with Gasteiger partial charge in [-0.15, -0.1) is 0 Å². The molecule has 0 spiro atoms. The Bertz CT molecular complexity index is 1040. The highest BCUT2D eigenvalue weighted by atomic mass is 35.5. The molecule has 0 fully saturated rings.